The van der Waals surface area contributed by atoms with Crippen LogP contribution in [0.4, 0.5) is 5.69 Å². The van der Waals surface area contributed by atoms with Gasteiger partial charge in [0, 0.05) is 30.4 Å². The Labute approximate surface area is 174 Å². The summed E-state index contributed by atoms with van der Waals surface area (Å²) in [6.45, 7) is 0.953. The monoisotopic (exact) mass is 408 g/mol. The summed E-state index contributed by atoms with van der Waals surface area (Å²) in [5, 5.41) is 9.32. The maximum absolute atomic E-state index is 13.0. The lowest BCUT2D eigenvalue weighted by Gasteiger charge is -2.35. The van der Waals surface area contributed by atoms with Crippen molar-refractivity contribution < 1.29 is 14.4 Å². The number of carbonyl (C=O) groups is 3. The highest BCUT2D eigenvalue weighted by atomic mass is 16.2. The molecule has 1 aliphatic carbocycles. The molecule has 1 saturated carbocycles. The first-order chi connectivity index (χ1) is 14.4. The SMILES string of the molecule is N#C[C@@H]1C[C@@H]2CC2N1C(=O)[C@@H](N)CN1C[C@@H]2C[C@H]1C(=O)N2c1ccc(C(N)=O)cc1. The van der Waals surface area contributed by atoms with Gasteiger partial charge in [-0.25, -0.2) is 0 Å². The molecule has 0 spiro atoms. The Kier molecular flexibility index (Phi) is 4.31. The first-order valence-corrected chi connectivity index (χ1v) is 10.3. The summed E-state index contributed by atoms with van der Waals surface area (Å²) in [5.74, 6) is -0.254. The Hall–Kier alpha value is -2.96. The number of piperidine rings is 1. The highest BCUT2D eigenvalue weighted by Gasteiger charge is 2.55. The maximum Gasteiger partial charge on any atom is 0.248 e. The van der Waals surface area contributed by atoms with Gasteiger partial charge in [-0.05, 0) is 49.4 Å². The molecule has 1 unspecified atom stereocenters. The van der Waals surface area contributed by atoms with E-state index in [1.165, 1.54) is 0 Å². The number of benzene rings is 1. The zero-order chi connectivity index (χ0) is 21.2. The van der Waals surface area contributed by atoms with E-state index in [1.807, 2.05) is 4.90 Å². The molecule has 30 heavy (non-hydrogen) atoms. The third-order valence-corrected chi connectivity index (χ3v) is 6.96. The summed E-state index contributed by atoms with van der Waals surface area (Å²) in [6, 6.07) is 7.70. The largest absolute Gasteiger partial charge is 0.366 e. The van der Waals surface area contributed by atoms with E-state index >= 15 is 0 Å². The highest BCUT2D eigenvalue weighted by Crippen LogP contribution is 2.47. The lowest BCUT2D eigenvalue weighted by molar-refractivity contribution is -0.135. The van der Waals surface area contributed by atoms with Crippen molar-refractivity contribution >= 4 is 23.4 Å². The van der Waals surface area contributed by atoms with Crippen LogP contribution in [-0.2, 0) is 9.59 Å². The second kappa shape index (κ2) is 6.79. The number of likely N-dealkylation sites (tertiary alicyclic amines) is 2. The van der Waals surface area contributed by atoms with Crippen molar-refractivity contribution in [3.8, 4) is 6.07 Å². The van der Waals surface area contributed by atoms with Crippen LogP contribution in [0.5, 0.6) is 0 Å². The Balaban J connectivity index is 1.24. The second-order valence-electron chi connectivity index (χ2n) is 8.77. The molecule has 3 heterocycles. The van der Waals surface area contributed by atoms with Gasteiger partial charge < -0.3 is 21.3 Å². The number of piperazine rings is 1. The van der Waals surface area contributed by atoms with E-state index in [2.05, 4.69) is 6.07 Å². The highest BCUT2D eigenvalue weighted by molar-refractivity contribution is 6.02. The molecule has 6 atom stereocenters. The van der Waals surface area contributed by atoms with Gasteiger partial charge in [0.25, 0.3) is 0 Å². The van der Waals surface area contributed by atoms with Crippen LogP contribution < -0.4 is 16.4 Å². The van der Waals surface area contributed by atoms with Crippen LogP contribution >= 0.6 is 0 Å². The number of carbonyl (C=O) groups excluding carboxylic acids is 3. The summed E-state index contributed by atoms with van der Waals surface area (Å²) in [7, 11) is 0. The van der Waals surface area contributed by atoms with Crippen LogP contribution in [0.25, 0.3) is 0 Å². The van der Waals surface area contributed by atoms with Gasteiger partial charge in [-0.3, -0.25) is 19.3 Å². The van der Waals surface area contributed by atoms with Gasteiger partial charge in [-0.2, -0.15) is 5.26 Å². The smallest absolute Gasteiger partial charge is 0.248 e. The van der Waals surface area contributed by atoms with Gasteiger partial charge in [0.15, 0.2) is 0 Å². The Bertz CT molecular complexity index is 956. The van der Waals surface area contributed by atoms with Gasteiger partial charge in [0.2, 0.25) is 17.7 Å². The molecule has 0 radical (unpaired) electrons. The fourth-order valence-corrected chi connectivity index (χ4v) is 5.40. The summed E-state index contributed by atoms with van der Waals surface area (Å²) in [6.07, 6.45) is 2.40. The number of nitriles is 1. The molecule has 3 aliphatic heterocycles. The number of amides is 3. The van der Waals surface area contributed by atoms with Crippen molar-refractivity contribution in [1.82, 2.24) is 9.80 Å². The molecule has 156 valence electrons. The van der Waals surface area contributed by atoms with Gasteiger partial charge in [0.1, 0.15) is 6.04 Å². The number of nitrogens with zero attached hydrogens (tertiary/aromatic N) is 4. The Morgan fingerprint density at radius 3 is 2.57 bits per heavy atom. The van der Waals surface area contributed by atoms with Gasteiger partial charge in [-0.15, -0.1) is 0 Å². The third-order valence-electron chi connectivity index (χ3n) is 6.96. The van der Waals surface area contributed by atoms with E-state index < -0.39 is 11.9 Å². The van der Waals surface area contributed by atoms with Crippen LogP contribution in [0.15, 0.2) is 24.3 Å². The molecule has 5 rings (SSSR count). The Morgan fingerprint density at radius 2 is 1.93 bits per heavy atom. The normalized spacial score (nSPS) is 32.8. The predicted octanol–water partition coefficient (Wildman–Crippen LogP) is -0.585. The molecule has 3 amide bonds. The molecule has 4 aliphatic rings. The first kappa shape index (κ1) is 19.0. The molecule has 1 aromatic carbocycles. The van der Waals surface area contributed by atoms with Crippen LogP contribution in [-0.4, -0.2) is 70.8 Å². The number of rotatable bonds is 5. The number of primary amides is 1. The molecular weight excluding hydrogens is 384 g/mol. The quantitative estimate of drug-likeness (QED) is 0.668. The summed E-state index contributed by atoms with van der Waals surface area (Å²) in [5.41, 5.74) is 12.7. The molecule has 4 fully saturated rings. The molecule has 2 bridgehead atoms. The van der Waals surface area contributed by atoms with E-state index in [9.17, 15) is 19.6 Å². The molecule has 9 nitrogen and oxygen atoms in total. The number of anilines is 1. The fourth-order valence-electron chi connectivity index (χ4n) is 5.40. The average molecular weight is 408 g/mol. The average Bonchev–Trinajstić information content (AvgIpc) is 3.07. The molecule has 9 heteroatoms. The fraction of sp³-hybridized carbons (Fsp3) is 0.524. The van der Waals surface area contributed by atoms with E-state index in [0.717, 1.165) is 18.5 Å². The first-order valence-electron chi connectivity index (χ1n) is 10.3. The molecule has 3 saturated heterocycles. The molecule has 0 aromatic heterocycles. The van der Waals surface area contributed by atoms with Gasteiger partial charge in [-0.1, -0.05) is 0 Å². The van der Waals surface area contributed by atoms with Crippen LogP contribution in [0.1, 0.15) is 29.6 Å². The van der Waals surface area contributed by atoms with Crippen molar-refractivity contribution in [2.75, 3.05) is 18.0 Å². The van der Waals surface area contributed by atoms with Crippen LogP contribution in [0.2, 0.25) is 0 Å². The third kappa shape index (κ3) is 2.87. The number of fused-ring (bicyclic) bond motifs is 3. The topological polar surface area (TPSA) is 137 Å². The van der Waals surface area contributed by atoms with Gasteiger partial charge >= 0.3 is 0 Å². The van der Waals surface area contributed by atoms with Gasteiger partial charge in [0.05, 0.1) is 24.2 Å². The van der Waals surface area contributed by atoms with Crippen molar-refractivity contribution in [2.24, 2.45) is 17.4 Å². The van der Waals surface area contributed by atoms with E-state index in [1.54, 1.807) is 34.1 Å². The maximum atomic E-state index is 13.0. The van der Waals surface area contributed by atoms with E-state index in [0.29, 0.717) is 31.0 Å². The predicted molar refractivity (Wildman–Crippen MR) is 107 cm³/mol. The van der Waals surface area contributed by atoms with E-state index in [-0.39, 0.29) is 36.0 Å². The zero-order valence-corrected chi connectivity index (χ0v) is 16.5. The van der Waals surface area contributed by atoms with Crippen LogP contribution in [0.3, 0.4) is 0 Å². The number of hydrogen-bond donors (Lipinski definition) is 2. The second-order valence-corrected chi connectivity index (χ2v) is 8.77. The molecule has 4 N–H and O–H groups in total. The minimum Gasteiger partial charge on any atom is -0.366 e. The Morgan fingerprint density at radius 1 is 1.20 bits per heavy atom. The number of nitrogens with two attached hydrogens (primary N) is 2. The minimum absolute atomic E-state index is 0.00989. The lowest BCUT2D eigenvalue weighted by Crippen LogP contribution is -2.57. The summed E-state index contributed by atoms with van der Waals surface area (Å²) < 4.78 is 0. The summed E-state index contributed by atoms with van der Waals surface area (Å²) in [4.78, 5) is 42.6. The minimum atomic E-state index is -0.740. The van der Waals surface area contributed by atoms with Crippen molar-refractivity contribution in [1.29, 1.82) is 5.26 Å². The lowest BCUT2D eigenvalue weighted by atomic mass is 10.1. The summed E-state index contributed by atoms with van der Waals surface area (Å²) >= 11 is 0. The molecular formula is C21H24N6O3. The standard InChI is InChI=1S/C21H24N6O3/c22-8-14-5-12-6-17(12)27(14)20(29)16(23)10-25-9-15-7-18(25)21(30)26(15)13-3-1-11(2-4-13)19(24)28/h1-4,12,14-18H,5-7,9-10,23H2,(H2,24,28)/t12-,14+,15+,16+,17?,18+/m1/s1. The van der Waals surface area contributed by atoms with Crippen LogP contribution in [0, 0.1) is 17.2 Å². The zero-order valence-electron chi connectivity index (χ0n) is 16.5. The molecule has 1 aromatic rings. The van der Waals surface area contributed by atoms with Crippen molar-refractivity contribution in [3.63, 3.8) is 0 Å². The van der Waals surface area contributed by atoms with Crippen molar-refractivity contribution in [2.45, 2.75) is 49.5 Å². The number of hydrogen-bond acceptors (Lipinski definition) is 6. The van der Waals surface area contributed by atoms with E-state index in [4.69, 9.17) is 11.5 Å². The van der Waals surface area contributed by atoms with Crippen molar-refractivity contribution in [3.05, 3.63) is 29.8 Å².